The maximum absolute atomic E-state index is 11.8. The Labute approximate surface area is 176 Å². The highest BCUT2D eigenvalue weighted by molar-refractivity contribution is 9.10. The minimum Gasteiger partial charge on any atom is -0.442 e. The standard InChI is InChI=1S/C14H15N3O3.C6H4BrNO/c1-14(2,3)20-13(19)17-8-12(7-16-17)11-4-10(9-18)5-15-6-11;7-6-1-5(4-9)2-8-3-6/h4-9H,1-3H3;1-4H. The van der Waals surface area contributed by atoms with Gasteiger partial charge >= 0.3 is 6.09 Å². The van der Waals surface area contributed by atoms with Gasteiger partial charge in [0.25, 0.3) is 0 Å². The zero-order chi connectivity index (χ0) is 21.4. The van der Waals surface area contributed by atoms with Crippen molar-refractivity contribution < 1.29 is 19.1 Å². The van der Waals surface area contributed by atoms with Crippen LogP contribution in [0.5, 0.6) is 0 Å². The molecule has 150 valence electrons. The van der Waals surface area contributed by atoms with Crippen LogP contribution in [0.4, 0.5) is 4.79 Å². The van der Waals surface area contributed by atoms with E-state index in [4.69, 9.17) is 4.74 Å². The minimum absolute atomic E-state index is 0.465. The van der Waals surface area contributed by atoms with Crippen LogP contribution in [0.3, 0.4) is 0 Å². The molecule has 0 aromatic carbocycles. The van der Waals surface area contributed by atoms with Crippen molar-refractivity contribution in [1.82, 2.24) is 19.7 Å². The highest BCUT2D eigenvalue weighted by atomic mass is 79.9. The highest BCUT2D eigenvalue weighted by Crippen LogP contribution is 2.19. The Kier molecular flexibility index (Phi) is 7.49. The SMILES string of the molecule is CC(C)(C)OC(=O)n1cc(-c2cncc(C=O)c2)cn1.O=Cc1cncc(Br)c1. The number of halogens is 1. The quantitative estimate of drug-likeness (QED) is 0.541. The van der Waals surface area contributed by atoms with Gasteiger partial charge in [0, 0.05) is 57.7 Å². The van der Waals surface area contributed by atoms with Crippen molar-refractivity contribution in [3.63, 3.8) is 0 Å². The summed E-state index contributed by atoms with van der Waals surface area (Å²) in [5.74, 6) is 0. The van der Waals surface area contributed by atoms with Gasteiger partial charge in [-0.2, -0.15) is 9.78 Å². The van der Waals surface area contributed by atoms with Crippen LogP contribution in [0, 0.1) is 0 Å². The van der Waals surface area contributed by atoms with E-state index in [1.165, 1.54) is 18.6 Å². The highest BCUT2D eigenvalue weighted by Gasteiger charge is 2.18. The van der Waals surface area contributed by atoms with E-state index in [0.29, 0.717) is 22.3 Å². The Morgan fingerprint density at radius 3 is 2.14 bits per heavy atom. The first kappa shape index (κ1) is 22.1. The van der Waals surface area contributed by atoms with Gasteiger partial charge in [0.05, 0.1) is 6.20 Å². The van der Waals surface area contributed by atoms with Crippen LogP contribution in [0.15, 0.2) is 53.8 Å². The van der Waals surface area contributed by atoms with E-state index in [1.54, 1.807) is 51.5 Å². The molecule has 0 aliphatic rings. The van der Waals surface area contributed by atoms with Crippen LogP contribution in [0.25, 0.3) is 11.1 Å². The molecule has 9 heteroatoms. The Morgan fingerprint density at radius 2 is 1.59 bits per heavy atom. The zero-order valence-electron chi connectivity index (χ0n) is 16.1. The van der Waals surface area contributed by atoms with Crippen molar-refractivity contribution in [3.8, 4) is 11.1 Å². The fourth-order valence-corrected chi connectivity index (χ4v) is 2.44. The Balaban J connectivity index is 0.000000278. The maximum Gasteiger partial charge on any atom is 0.435 e. The zero-order valence-corrected chi connectivity index (χ0v) is 17.7. The molecular formula is C20H19BrN4O4. The fraction of sp³-hybridized carbons (Fsp3) is 0.200. The third kappa shape index (κ3) is 7.04. The molecule has 3 rings (SSSR count). The molecular weight excluding hydrogens is 440 g/mol. The molecule has 29 heavy (non-hydrogen) atoms. The van der Waals surface area contributed by atoms with Gasteiger partial charge in [-0.3, -0.25) is 19.6 Å². The number of hydrogen-bond donors (Lipinski definition) is 0. The average molecular weight is 459 g/mol. The monoisotopic (exact) mass is 458 g/mol. The molecule has 0 saturated carbocycles. The third-order valence-electron chi connectivity index (χ3n) is 3.25. The number of aromatic nitrogens is 4. The number of pyridine rings is 2. The van der Waals surface area contributed by atoms with E-state index in [2.05, 4.69) is 31.0 Å². The summed E-state index contributed by atoms with van der Waals surface area (Å²) in [7, 11) is 0. The van der Waals surface area contributed by atoms with E-state index < -0.39 is 11.7 Å². The lowest BCUT2D eigenvalue weighted by Crippen LogP contribution is -2.27. The molecule has 8 nitrogen and oxygen atoms in total. The van der Waals surface area contributed by atoms with Crippen molar-refractivity contribution in [2.45, 2.75) is 26.4 Å². The van der Waals surface area contributed by atoms with Crippen LogP contribution >= 0.6 is 15.9 Å². The largest absolute Gasteiger partial charge is 0.442 e. The Hall–Kier alpha value is -3.20. The summed E-state index contributed by atoms with van der Waals surface area (Å²) in [5.41, 5.74) is 1.87. The van der Waals surface area contributed by atoms with Gasteiger partial charge in [-0.15, -0.1) is 0 Å². The smallest absolute Gasteiger partial charge is 0.435 e. The Bertz CT molecular complexity index is 1010. The van der Waals surface area contributed by atoms with E-state index in [-0.39, 0.29) is 0 Å². The lowest BCUT2D eigenvalue weighted by atomic mass is 10.1. The van der Waals surface area contributed by atoms with Crippen LogP contribution in [0.2, 0.25) is 0 Å². The first-order chi connectivity index (χ1) is 13.7. The lowest BCUT2D eigenvalue weighted by Gasteiger charge is -2.18. The minimum atomic E-state index is -0.581. The van der Waals surface area contributed by atoms with Gasteiger partial charge < -0.3 is 4.74 Å². The first-order valence-corrected chi connectivity index (χ1v) is 9.25. The molecule has 0 N–H and O–H groups in total. The molecule has 0 spiro atoms. The van der Waals surface area contributed by atoms with Gasteiger partial charge in [-0.1, -0.05) is 0 Å². The second-order valence-corrected chi connectivity index (χ2v) is 7.75. The first-order valence-electron chi connectivity index (χ1n) is 8.46. The molecule has 0 bridgehead atoms. The van der Waals surface area contributed by atoms with Gasteiger partial charge in [0.15, 0.2) is 12.6 Å². The molecule has 0 aliphatic heterocycles. The Morgan fingerprint density at radius 1 is 0.966 bits per heavy atom. The summed E-state index contributed by atoms with van der Waals surface area (Å²) in [6.07, 6.45) is 10.2. The van der Waals surface area contributed by atoms with E-state index in [1.807, 2.05) is 0 Å². The number of carbonyl (C=O) groups is 3. The van der Waals surface area contributed by atoms with Crippen molar-refractivity contribution in [3.05, 3.63) is 64.9 Å². The molecule has 0 aliphatic carbocycles. The van der Waals surface area contributed by atoms with E-state index >= 15 is 0 Å². The average Bonchev–Trinajstić information content (AvgIpc) is 3.18. The summed E-state index contributed by atoms with van der Waals surface area (Å²) in [5, 5.41) is 3.96. The van der Waals surface area contributed by atoms with Crippen LogP contribution in [-0.2, 0) is 4.74 Å². The molecule has 3 aromatic heterocycles. The van der Waals surface area contributed by atoms with Gasteiger partial charge in [-0.05, 0) is 48.8 Å². The summed E-state index contributed by atoms with van der Waals surface area (Å²) < 4.78 is 7.15. The molecule has 0 unspecified atom stereocenters. The predicted octanol–water partition coefficient (Wildman–Crippen LogP) is 4.20. The normalized spacial score (nSPS) is 10.5. The summed E-state index contributed by atoms with van der Waals surface area (Å²) >= 11 is 3.18. The molecule has 0 amide bonds. The van der Waals surface area contributed by atoms with Crippen LogP contribution < -0.4 is 0 Å². The summed E-state index contributed by atoms with van der Waals surface area (Å²) in [4.78, 5) is 40.4. The number of nitrogens with zero attached hydrogens (tertiary/aromatic N) is 4. The molecule has 0 atom stereocenters. The van der Waals surface area contributed by atoms with E-state index in [0.717, 1.165) is 21.7 Å². The topological polar surface area (TPSA) is 104 Å². The third-order valence-corrected chi connectivity index (χ3v) is 3.69. The molecule has 0 saturated heterocycles. The van der Waals surface area contributed by atoms with Crippen molar-refractivity contribution in [1.29, 1.82) is 0 Å². The fourth-order valence-electron chi connectivity index (χ4n) is 2.05. The number of carbonyl (C=O) groups excluding carboxylic acids is 3. The van der Waals surface area contributed by atoms with Gasteiger partial charge in [0.2, 0.25) is 0 Å². The molecule has 3 aromatic rings. The summed E-state index contributed by atoms with van der Waals surface area (Å²) in [6.45, 7) is 5.35. The molecule has 0 fully saturated rings. The number of aldehydes is 2. The van der Waals surface area contributed by atoms with Crippen LogP contribution in [-0.4, -0.2) is 44.0 Å². The van der Waals surface area contributed by atoms with Gasteiger partial charge in [-0.25, -0.2) is 4.79 Å². The van der Waals surface area contributed by atoms with Crippen molar-refractivity contribution in [2.24, 2.45) is 0 Å². The number of hydrogen-bond acceptors (Lipinski definition) is 7. The second kappa shape index (κ2) is 9.83. The maximum atomic E-state index is 11.8. The predicted molar refractivity (Wildman–Crippen MR) is 110 cm³/mol. The lowest BCUT2D eigenvalue weighted by molar-refractivity contribution is 0.0514. The van der Waals surface area contributed by atoms with Crippen LogP contribution in [0.1, 0.15) is 41.5 Å². The van der Waals surface area contributed by atoms with E-state index in [9.17, 15) is 14.4 Å². The summed E-state index contributed by atoms with van der Waals surface area (Å²) in [6, 6.07) is 3.39. The van der Waals surface area contributed by atoms with Crippen molar-refractivity contribution in [2.75, 3.05) is 0 Å². The van der Waals surface area contributed by atoms with Gasteiger partial charge in [0.1, 0.15) is 5.60 Å². The molecule has 3 heterocycles. The van der Waals surface area contributed by atoms with Crippen molar-refractivity contribution >= 4 is 34.6 Å². The second-order valence-electron chi connectivity index (χ2n) is 6.83. The number of ether oxygens (including phenoxy) is 1. The number of rotatable bonds is 3. The molecule has 0 radical (unpaired) electrons.